The Morgan fingerprint density at radius 2 is 1.89 bits per heavy atom. The normalized spacial score (nSPS) is 10.8. The number of amides is 1. The first-order valence-corrected chi connectivity index (χ1v) is 9.24. The summed E-state index contributed by atoms with van der Waals surface area (Å²) in [6, 6.07) is 7.61. The monoisotopic (exact) mass is 503 g/mol. The van der Waals surface area contributed by atoms with Crippen LogP contribution < -0.4 is 21.1 Å². The number of carbonyl (C=O) groups excluding carboxylic acids is 1. The number of primary amides is 1. The van der Waals surface area contributed by atoms with Crippen LogP contribution in [0.3, 0.4) is 0 Å². The topological polar surface area (TPSA) is 102 Å². The summed E-state index contributed by atoms with van der Waals surface area (Å²) in [5.41, 5.74) is 6.22. The Morgan fingerprint density at radius 1 is 1.22 bits per heavy atom. The summed E-state index contributed by atoms with van der Waals surface area (Å²) in [5, 5.41) is 7.71. The van der Waals surface area contributed by atoms with Crippen molar-refractivity contribution in [2.45, 2.75) is 19.8 Å². The number of aromatic nitrogens is 1. The van der Waals surface area contributed by atoms with E-state index >= 15 is 0 Å². The number of aryl methyl sites for hydroxylation is 1. The fraction of sp³-hybridized carbons (Fsp3) is 0.389. The van der Waals surface area contributed by atoms with Crippen molar-refractivity contribution in [3.05, 3.63) is 45.9 Å². The molecule has 0 radical (unpaired) electrons. The minimum Gasteiger partial charge on any atom is -0.484 e. The number of rotatable bonds is 9. The van der Waals surface area contributed by atoms with Gasteiger partial charge in [0.1, 0.15) is 5.75 Å². The molecule has 2 rings (SSSR count). The van der Waals surface area contributed by atoms with Crippen molar-refractivity contribution in [2.75, 3.05) is 26.7 Å². The van der Waals surface area contributed by atoms with Crippen LogP contribution in [0.15, 0.2) is 35.5 Å². The second-order valence-electron chi connectivity index (χ2n) is 5.69. The molecule has 4 N–H and O–H groups in total. The summed E-state index contributed by atoms with van der Waals surface area (Å²) >= 11 is 1.72. The Morgan fingerprint density at radius 3 is 2.44 bits per heavy atom. The predicted octanol–water partition coefficient (Wildman–Crippen LogP) is 1.88. The van der Waals surface area contributed by atoms with Crippen molar-refractivity contribution < 1.29 is 9.53 Å². The van der Waals surface area contributed by atoms with Crippen LogP contribution in [0, 0.1) is 6.92 Å². The molecule has 27 heavy (non-hydrogen) atoms. The minimum absolute atomic E-state index is 0. The van der Waals surface area contributed by atoms with Gasteiger partial charge < -0.3 is 21.1 Å². The van der Waals surface area contributed by atoms with Crippen molar-refractivity contribution in [2.24, 2.45) is 10.7 Å². The lowest BCUT2D eigenvalue weighted by Crippen LogP contribution is -2.39. The molecule has 148 valence electrons. The summed E-state index contributed by atoms with van der Waals surface area (Å²) in [5.74, 6) is 0.928. The van der Waals surface area contributed by atoms with Gasteiger partial charge in [-0.15, -0.1) is 35.3 Å². The van der Waals surface area contributed by atoms with Crippen molar-refractivity contribution >= 4 is 47.2 Å². The fourth-order valence-corrected chi connectivity index (χ4v) is 3.04. The van der Waals surface area contributed by atoms with E-state index in [1.807, 2.05) is 30.5 Å². The molecule has 0 aliphatic heterocycles. The number of carbonyl (C=O) groups is 1. The van der Waals surface area contributed by atoms with Crippen LogP contribution in [0.1, 0.15) is 15.4 Å². The lowest BCUT2D eigenvalue weighted by atomic mass is 10.1. The van der Waals surface area contributed by atoms with Crippen LogP contribution in [-0.2, 0) is 17.6 Å². The zero-order valence-electron chi connectivity index (χ0n) is 15.5. The van der Waals surface area contributed by atoms with E-state index in [4.69, 9.17) is 10.5 Å². The number of halogens is 1. The highest BCUT2D eigenvalue weighted by Crippen LogP contribution is 2.12. The van der Waals surface area contributed by atoms with Crippen LogP contribution in [0.4, 0.5) is 0 Å². The number of nitrogens with two attached hydrogens (primary N) is 1. The van der Waals surface area contributed by atoms with Gasteiger partial charge in [-0.05, 0) is 31.0 Å². The Balaban J connectivity index is 0.00000364. The molecule has 1 aromatic heterocycles. The van der Waals surface area contributed by atoms with Crippen molar-refractivity contribution in [1.82, 2.24) is 15.6 Å². The lowest BCUT2D eigenvalue weighted by molar-refractivity contribution is -0.119. The highest BCUT2D eigenvalue weighted by Gasteiger charge is 2.02. The highest BCUT2D eigenvalue weighted by atomic mass is 127. The van der Waals surface area contributed by atoms with Gasteiger partial charge in [0.2, 0.25) is 0 Å². The van der Waals surface area contributed by atoms with Crippen LogP contribution in [-0.4, -0.2) is 43.6 Å². The number of nitrogens with one attached hydrogen (secondary N) is 2. The third-order valence-electron chi connectivity index (χ3n) is 3.53. The number of benzene rings is 1. The third-order valence-corrected chi connectivity index (χ3v) is 4.51. The molecule has 1 amide bonds. The fourth-order valence-electron chi connectivity index (χ4n) is 2.26. The van der Waals surface area contributed by atoms with E-state index in [1.165, 1.54) is 4.88 Å². The van der Waals surface area contributed by atoms with Gasteiger partial charge in [-0.2, -0.15) is 0 Å². The number of ether oxygens (including phenoxy) is 1. The molecule has 2 aromatic rings. The molecule has 1 heterocycles. The molecular formula is C18H26IN5O2S. The van der Waals surface area contributed by atoms with E-state index < -0.39 is 5.91 Å². The number of guanidine groups is 1. The predicted molar refractivity (Wildman–Crippen MR) is 120 cm³/mol. The smallest absolute Gasteiger partial charge is 0.255 e. The number of aliphatic imine (C=N–C) groups is 1. The molecule has 0 unspecified atom stereocenters. The molecule has 1 aromatic carbocycles. The molecule has 7 nitrogen and oxygen atoms in total. The van der Waals surface area contributed by atoms with Gasteiger partial charge in [0, 0.05) is 37.6 Å². The minimum atomic E-state index is -0.484. The summed E-state index contributed by atoms with van der Waals surface area (Å²) in [6.45, 7) is 3.50. The Labute approximate surface area is 180 Å². The third kappa shape index (κ3) is 9.05. The van der Waals surface area contributed by atoms with Gasteiger partial charge in [0.25, 0.3) is 5.91 Å². The molecule has 0 aliphatic carbocycles. The van der Waals surface area contributed by atoms with Gasteiger partial charge in [-0.25, -0.2) is 4.98 Å². The maximum absolute atomic E-state index is 10.7. The second kappa shape index (κ2) is 12.5. The van der Waals surface area contributed by atoms with Crippen molar-refractivity contribution in [3.63, 3.8) is 0 Å². The summed E-state index contributed by atoms with van der Waals surface area (Å²) in [6.07, 6.45) is 3.63. The lowest BCUT2D eigenvalue weighted by Gasteiger charge is -2.11. The maximum atomic E-state index is 10.7. The molecule has 0 saturated carbocycles. The number of thiazole rings is 1. The first kappa shape index (κ1) is 23.2. The van der Waals surface area contributed by atoms with Gasteiger partial charge in [-0.3, -0.25) is 9.79 Å². The SMILES string of the molecule is CN=C(NCCc1ccc(OCC(N)=O)cc1)NCCc1ncc(C)s1.I. The summed E-state index contributed by atoms with van der Waals surface area (Å²) in [7, 11) is 1.76. The highest BCUT2D eigenvalue weighted by molar-refractivity contribution is 14.0. The quantitative estimate of drug-likeness (QED) is 0.276. The standard InChI is InChI=1S/C18H25N5O2S.HI/c1-13-11-23-17(26-13)8-10-22-18(20-2)21-9-7-14-3-5-15(6-4-14)25-12-16(19)24;/h3-6,11H,7-10,12H2,1-2H3,(H2,19,24)(H2,20,21,22);1H. The van der Waals surface area contributed by atoms with E-state index in [9.17, 15) is 4.79 Å². The van der Waals surface area contributed by atoms with E-state index in [2.05, 4.69) is 27.5 Å². The molecule has 0 aliphatic rings. The zero-order chi connectivity index (χ0) is 18.8. The molecule has 9 heteroatoms. The van der Waals surface area contributed by atoms with Crippen LogP contribution >= 0.6 is 35.3 Å². The van der Waals surface area contributed by atoms with Crippen molar-refractivity contribution in [3.8, 4) is 5.75 Å². The second-order valence-corrected chi connectivity index (χ2v) is 7.01. The largest absolute Gasteiger partial charge is 0.484 e. The zero-order valence-corrected chi connectivity index (χ0v) is 18.7. The Kier molecular flexibility index (Phi) is 10.7. The first-order valence-electron chi connectivity index (χ1n) is 8.42. The van der Waals surface area contributed by atoms with E-state index in [0.717, 1.165) is 42.5 Å². The maximum Gasteiger partial charge on any atom is 0.255 e. The van der Waals surface area contributed by atoms with Crippen LogP contribution in [0.25, 0.3) is 0 Å². The summed E-state index contributed by atoms with van der Waals surface area (Å²) in [4.78, 5) is 20.5. The number of hydrogen-bond acceptors (Lipinski definition) is 5. The van der Waals surface area contributed by atoms with Crippen LogP contribution in [0.2, 0.25) is 0 Å². The number of nitrogens with zero attached hydrogens (tertiary/aromatic N) is 2. The molecule has 0 fully saturated rings. The Bertz CT molecular complexity index is 734. The molecule has 0 spiro atoms. The van der Waals surface area contributed by atoms with Crippen molar-refractivity contribution in [1.29, 1.82) is 0 Å². The van der Waals surface area contributed by atoms with E-state index in [1.54, 1.807) is 18.4 Å². The van der Waals surface area contributed by atoms with Crippen LogP contribution in [0.5, 0.6) is 5.75 Å². The average Bonchev–Trinajstić information content (AvgIpc) is 3.05. The molecule has 0 saturated heterocycles. The van der Waals surface area contributed by atoms with Gasteiger partial charge in [-0.1, -0.05) is 12.1 Å². The average molecular weight is 503 g/mol. The van der Waals surface area contributed by atoms with Gasteiger partial charge in [0.05, 0.1) is 5.01 Å². The number of hydrogen-bond donors (Lipinski definition) is 3. The van der Waals surface area contributed by atoms with E-state index in [-0.39, 0.29) is 30.6 Å². The first-order chi connectivity index (χ1) is 12.6. The Hall–Kier alpha value is -1.88. The molecule has 0 bridgehead atoms. The van der Waals surface area contributed by atoms with E-state index in [0.29, 0.717) is 5.75 Å². The molecule has 0 atom stereocenters. The molecular weight excluding hydrogens is 477 g/mol. The van der Waals surface area contributed by atoms with Gasteiger partial charge in [0.15, 0.2) is 12.6 Å². The summed E-state index contributed by atoms with van der Waals surface area (Å²) < 4.78 is 5.24. The van der Waals surface area contributed by atoms with Gasteiger partial charge >= 0.3 is 0 Å².